The van der Waals surface area contributed by atoms with Crippen LogP contribution in [0.2, 0.25) is 0 Å². The molecule has 2 rings (SSSR count). The molecule has 0 aliphatic carbocycles. The predicted octanol–water partition coefficient (Wildman–Crippen LogP) is 3.94. The minimum Gasteiger partial charge on any atom is -0.304 e. The first kappa shape index (κ1) is 13.1. The third-order valence-corrected chi connectivity index (χ3v) is 3.18. The number of nitrogens with one attached hydrogen (secondary N) is 1. The third kappa shape index (κ3) is 3.56. The smallest absolute Gasteiger partial charge is 0.0429 e. The molecule has 0 amide bonds. The highest BCUT2D eigenvalue weighted by atomic mass is 14.4. The van der Waals surface area contributed by atoms with Gasteiger partial charge in [0.15, 0.2) is 0 Å². The average Bonchev–Trinajstić information content (AvgIpc) is 2.48. The fraction of sp³-hybridized carbons (Fsp3) is 0.167. The lowest BCUT2D eigenvalue weighted by Gasteiger charge is -2.16. The molecule has 0 heterocycles. The molecule has 2 aromatic carbocycles. The molecule has 0 aliphatic rings. The first-order valence-corrected chi connectivity index (χ1v) is 6.42. The van der Waals surface area contributed by atoms with E-state index in [-0.39, 0.29) is 5.92 Å². The van der Waals surface area contributed by atoms with Gasteiger partial charge in [0, 0.05) is 18.1 Å². The van der Waals surface area contributed by atoms with Crippen LogP contribution in [0.5, 0.6) is 0 Å². The van der Waals surface area contributed by atoms with Crippen LogP contribution in [0.4, 0.5) is 0 Å². The van der Waals surface area contributed by atoms with Crippen LogP contribution in [0, 0.1) is 23.7 Å². The van der Waals surface area contributed by atoms with Crippen molar-refractivity contribution in [1.82, 2.24) is 0 Å². The van der Waals surface area contributed by atoms with Crippen LogP contribution in [0.25, 0.3) is 0 Å². The molecule has 19 heavy (non-hydrogen) atoms. The molecule has 0 fully saturated rings. The number of benzene rings is 2. The van der Waals surface area contributed by atoms with E-state index in [1.54, 1.807) is 0 Å². The van der Waals surface area contributed by atoms with Crippen molar-refractivity contribution in [2.45, 2.75) is 12.8 Å². The lowest BCUT2D eigenvalue weighted by molar-refractivity contribution is 0.708. The molecular formula is C18H17N. The van der Waals surface area contributed by atoms with Gasteiger partial charge in [0.2, 0.25) is 0 Å². The summed E-state index contributed by atoms with van der Waals surface area (Å²) in [6.07, 6.45) is 6.87. The Morgan fingerprint density at radius 2 is 1.58 bits per heavy atom. The number of hydrogen-bond donors (Lipinski definition) is 1. The number of terminal acetylenes is 1. The lowest BCUT2D eigenvalue weighted by Crippen LogP contribution is -2.17. The van der Waals surface area contributed by atoms with Crippen molar-refractivity contribution in [3.8, 4) is 12.3 Å². The summed E-state index contributed by atoms with van der Waals surface area (Å²) in [6, 6.07) is 20.0. The minimum atomic E-state index is 0.0785. The molecule has 0 saturated heterocycles. The van der Waals surface area contributed by atoms with Crippen molar-refractivity contribution in [3.63, 3.8) is 0 Å². The summed E-state index contributed by atoms with van der Waals surface area (Å²) < 4.78 is 0. The van der Waals surface area contributed by atoms with E-state index >= 15 is 0 Å². The number of rotatable bonds is 5. The number of hydrogen-bond acceptors (Lipinski definition) is 1. The van der Waals surface area contributed by atoms with Crippen molar-refractivity contribution in [1.29, 1.82) is 5.41 Å². The Morgan fingerprint density at radius 1 is 1.00 bits per heavy atom. The normalized spacial score (nSPS) is 11.5. The fourth-order valence-electron chi connectivity index (χ4n) is 2.17. The van der Waals surface area contributed by atoms with E-state index in [0.717, 1.165) is 12.0 Å². The van der Waals surface area contributed by atoms with Crippen LogP contribution in [0.1, 0.15) is 17.5 Å². The van der Waals surface area contributed by atoms with Crippen molar-refractivity contribution in [2.24, 2.45) is 5.92 Å². The maximum absolute atomic E-state index is 8.34. The zero-order chi connectivity index (χ0) is 13.5. The second-order valence-electron chi connectivity index (χ2n) is 4.57. The Hall–Kier alpha value is -2.33. The topological polar surface area (TPSA) is 23.9 Å². The van der Waals surface area contributed by atoms with Crippen LogP contribution in [0.15, 0.2) is 60.7 Å². The van der Waals surface area contributed by atoms with Crippen LogP contribution in [-0.4, -0.2) is 5.71 Å². The molecular weight excluding hydrogens is 230 g/mol. The molecule has 1 heteroatoms. The Balaban J connectivity index is 2.17. The van der Waals surface area contributed by atoms with Crippen molar-refractivity contribution >= 4 is 5.71 Å². The Labute approximate surface area is 114 Å². The highest BCUT2D eigenvalue weighted by Crippen LogP contribution is 2.17. The molecule has 0 spiro atoms. The van der Waals surface area contributed by atoms with E-state index in [2.05, 4.69) is 18.1 Å². The SMILES string of the molecule is C#CCC(Cc1ccccc1)C(=N)c1ccccc1. The van der Waals surface area contributed by atoms with E-state index < -0.39 is 0 Å². The first-order valence-electron chi connectivity index (χ1n) is 6.42. The van der Waals surface area contributed by atoms with Gasteiger partial charge < -0.3 is 5.41 Å². The molecule has 0 saturated carbocycles. The van der Waals surface area contributed by atoms with Gasteiger partial charge in [-0.15, -0.1) is 12.3 Å². The van der Waals surface area contributed by atoms with Crippen LogP contribution in [-0.2, 0) is 6.42 Å². The summed E-state index contributed by atoms with van der Waals surface area (Å²) in [5.74, 6) is 2.78. The second-order valence-corrected chi connectivity index (χ2v) is 4.57. The van der Waals surface area contributed by atoms with Crippen LogP contribution < -0.4 is 0 Å². The van der Waals surface area contributed by atoms with Gasteiger partial charge in [-0.3, -0.25) is 0 Å². The largest absolute Gasteiger partial charge is 0.304 e. The summed E-state index contributed by atoms with van der Waals surface area (Å²) in [5.41, 5.74) is 2.81. The average molecular weight is 247 g/mol. The minimum absolute atomic E-state index is 0.0785. The molecule has 0 aromatic heterocycles. The summed E-state index contributed by atoms with van der Waals surface area (Å²) in [7, 11) is 0. The third-order valence-electron chi connectivity index (χ3n) is 3.18. The van der Waals surface area contributed by atoms with E-state index in [4.69, 9.17) is 11.8 Å². The second kappa shape index (κ2) is 6.56. The molecule has 0 radical (unpaired) electrons. The Morgan fingerprint density at radius 3 is 2.16 bits per heavy atom. The lowest BCUT2D eigenvalue weighted by atomic mass is 9.88. The standard InChI is InChI=1S/C18H17N/c1-2-9-17(14-15-10-5-3-6-11-15)18(19)16-12-7-4-8-13-16/h1,3-8,10-13,17,19H,9,14H2. The fourth-order valence-corrected chi connectivity index (χ4v) is 2.17. The maximum atomic E-state index is 8.34. The van der Waals surface area contributed by atoms with E-state index in [9.17, 15) is 0 Å². The zero-order valence-corrected chi connectivity index (χ0v) is 10.8. The molecule has 2 aromatic rings. The summed E-state index contributed by atoms with van der Waals surface area (Å²) in [5, 5.41) is 8.34. The van der Waals surface area contributed by atoms with Crippen molar-refractivity contribution in [3.05, 3.63) is 71.8 Å². The highest BCUT2D eigenvalue weighted by Gasteiger charge is 2.15. The van der Waals surface area contributed by atoms with Gasteiger partial charge in [-0.05, 0) is 17.5 Å². The van der Waals surface area contributed by atoms with Gasteiger partial charge in [0.1, 0.15) is 0 Å². The monoisotopic (exact) mass is 247 g/mol. The molecule has 0 aliphatic heterocycles. The van der Waals surface area contributed by atoms with Crippen molar-refractivity contribution < 1.29 is 0 Å². The summed E-state index contributed by atoms with van der Waals surface area (Å²) in [6.45, 7) is 0. The molecule has 94 valence electrons. The van der Waals surface area contributed by atoms with E-state index in [0.29, 0.717) is 12.1 Å². The van der Waals surface area contributed by atoms with E-state index in [1.807, 2.05) is 48.5 Å². The van der Waals surface area contributed by atoms with Crippen molar-refractivity contribution in [2.75, 3.05) is 0 Å². The first-order chi connectivity index (χ1) is 9.31. The quantitative estimate of drug-likeness (QED) is 0.611. The van der Waals surface area contributed by atoms with Gasteiger partial charge >= 0.3 is 0 Å². The molecule has 1 nitrogen and oxygen atoms in total. The van der Waals surface area contributed by atoms with Gasteiger partial charge in [0.05, 0.1) is 0 Å². The Bertz CT molecular complexity index is 564. The van der Waals surface area contributed by atoms with Gasteiger partial charge in [-0.2, -0.15) is 0 Å². The van der Waals surface area contributed by atoms with E-state index in [1.165, 1.54) is 5.56 Å². The van der Waals surface area contributed by atoms with Gasteiger partial charge in [-0.1, -0.05) is 60.7 Å². The predicted molar refractivity (Wildman–Crippen MR) is 80.4 cm³/mol. The van der Waals surface area contributed by atoms with Gasteiger partial charge in [0.25, 0.3) is 0 Å². The van der Waals surface area contributed by atoms with Gasteiger partial charge in [-0.25, -0.2) is 0 Å². The summed E-state index contributed by atoms with van der Waals surface area (Å²) >= 11 is 0. The van der Waals surface area contributed by atoms with Crippen LogP contribution >= 0.6 is 0 Å². The molecule has 1 N–H and O–H groups in total. The maximum Gasteiger partial charge on any atom is 0.0429 e. The molecule has 1 unspecified atom stereocenters. The molecule has 0 bridgehead atoms. The summed E-state index contributed by atoms with van der Waals surface area (Å²) in [4.78, 5) is 0. The Kier molecular flexibility index (Phi) is 4.53. The highest BCUT2D eigenvalue weighted by molar-refractivity contribution is 6.00. The van der Waals surface area contributed by atoms with Crippen LogP contribution in [0.3, 0.4) is 0 Å². The molecule has 1 atom stereocenters. The zero-order valence-electron chi connectivity index (χ0n) is 10.8.